The van der Waals surface area contributed by atoms with Gasteiger partial charge in [0.1, 0.15) is 0 Å². The van der Waals surface area contributed by atoms with Gasteiger partial charge in [-0.15, -0.1) is 0 Å². The van der Waals surface area contributed by atoms with Crippen LogP contribution >= 0.6 is 0 Å². The molecule has 0 aliphatic carbocycles. The van der Waals surface area contributed by atoms with Crippen LogP contribution in [0.15, 0.2) is 497 Å². The van der Waals surface area contributed by atoms with Crippen molar-refractivity contribution in [1.82, 2.24) is 27.4 Å². The number of fused-ring (bicyclic) bond motifs is 18. The SMILES string of the molecule is [2HH].[2HH].[2H]c1c([2H])c([2H])c2c(c1[2H])c1c([2H])c(C(C)(C)C)c([2H])c([2H])c1n2-c1cccc(-c2cccc(-n3c4c([2H])c([2H])c([2H])c([2H])c4c4c([2H])c(C(C)(C)C)c([2H])c([2H])c43)c2)c1.[2H]c1cc(-c2cc(-n3c4c([2H])c([2H])c([2H])c([2H])c4c4c([2H])c([2H])c(C(C)(C)C)c([2H])c43)c([2H])c([2H])c2[2H])c([2H])c(-n2c3c([2H])c([2H])c([2H])c([2H])c3c3c([2H])c([2H])c(C(C)(C)C)c([2H])c32)c1[2H].c1ccc([Si](c2ccccc2)(c2ccccc2)c2ccc3c(c2)c2ccccc2n3-c2cccc(-c3cccc(-n4c5ccccc5c5ccccc54)c3)c2)cc1. The van der Waals surface area contributed by atoms with Gasteiger partial charge in [-0.1, -0.05) is 422 Å². The molecule has 0 spiro atoms. The van der Waals surface area contributed by atoms with Crippen molar-refractivity contribution in [3.63, 3.8) is 0 Å². The van der Waals surface area contributed by atoms with Crippen LogP contribution in [-0.4, -0.2) is 35.5 Å². The van der Waals surface area contributed by atoms with Crippen molar-refractivity contribution >= 4 is 160 Å². The minimum absolute atomic E-state index is 0. The zero-order valence-electron chi connectivity index (χ0n) is 118. The molecule has 0 N–H and O–H groups in total. The fraction of sp³-hybridized carbons (Fsp3) is 0.113. The molecular formula is C142H122N6Si. The van der Waals surface area contributed by atoms with E-state index < -0.39 is 156 Å². The number of nitrogens with zero attached hydrogens (tertiary/aromatic N) is 6. The van der Waals surface area contributed by atoms with E-state index in [1.54, 1.807) is 77.9 Å². The normalized spacial score (nSPS) is 15.5. The van der Waals surface area contributed by atoms with Crippen molar-refractivity contribution in [1.29, 1.82) is 0 Å². The molecule has 724 valence electrons. The van der Waals surface area contributed by atoms with Gasteiger partial charge in [-0.05, 0) is 255 Å². The lowest BCUT2D eigenvalue weighted by Gasteiger charge is -2.34. The molecule has 6 heterocycles. The molecule has 149 heavy (non-hydrogen) atoms. The Morgan fingerprint density at radius 3 is 0.866 bits per heavy atom. The third-order valence-electron chi connectivity index (χ3n) is 28.1. The van der Waals surface area contributed by atoms with Crippen LogP contribution in [0.1, 0.15) is 155 Å². The Kier molecular flexibility index (Phi) is 15.4. The second-order valence-corrected chi connectivity index (χ2v) is 45.6. The van der Waals surface area contributed by atoms with Crippen molar-refractivity contribution in [2.45, 2.75) is 105 Å². The molecule has 0 aliphatic heterocycles. The number of benzene rings is 21. The van der Waals surface area contributed by atoms with Crippen molar-refractivity contribution in [3.8, 4) is 67.5 Å². The van der Waals surface area contributed by atoms with E-state index in [1.807, 2.05) is 53.7 Å². The van der Waals surface area contributed by atoms with Crippen LogP contribution in [0.2, 0.25) is 0 Å². The lowest BCUT2D eigenvalue weighted by Crippen LogP contribution is -2.74. The molecule has 0 amide bonds. The highest BCUT2D eigenvalue weighted by atomic mass is 28.3. The molecular weight excluding hydrogens is 1820 g/mol. The Hall–Kier alpha value is -17.4. The Labute approximate surface area is 923 Å². The van der Waals surface area contributed by atoms with E-state index in [1.165, 1.54) is 84.6 Å². The van der Waals surface area contributed by atoms with Gasteiger partial charge in [0.2, 0.25) is 0 Å². The molecule has 0 unspecified atom stereocenters. The van der Waals surface area contributed by atoms with E-state index in [9.17, 15) is 16.4 Å². The minimum Gasteiger partial charge on any atom is -0.309 e. The van der Waals surface area contributed by atoms with Crippen molar-refractivity contribution in [2.75, 3.05) is 0 Å². The number of rotatable bonds is 13. The fourth-order valence-corrected chi connectivity index (χ4v) is 25.6. The van der Waals surface area contributed by atoms with Crippen LogP contribution in [0.5, 0.6) is 0 Å². The molecule has 27 aromatic rings. The van der Waals surface area contributed by atoms with Gasteiger partial charge in [-0.3, -0.25) is 0 Å². The average Bonchev–Trinajstić information content (AvgIpc) is 1.53. The van der Waals surface area contributed by atoms with Crippen LogP contribution in [0.25, 0.3) is 198 Å². The van der Waals surface area contributed by atoms with E-state index in [4.69, 9.17) is 30.2 Å². The van der Waals surface area contributed by atoms with Crippen LogP contribution in [-0.2, 0) is 21.7 Å². The van der Waals surface area contributed by atoms with Crippen molar-refractivity contribution in [3.05, 3.63) is 519 Å². The van der Waals surface area contributed by atoms with E-state index >= 15 is 0 Å². The minimum atomic E-state index is -2.70. The van der Waals surface area contributed by atoms with Gasteiger partial charge in [0, 0.05) is 102 Å². The molecule has 6 aromatic heterocycles. The Morgan fingerprint density at radius 2 is 0.470 bits per heavy atom. The summed E-state index contributed by atoms with van der Waals surface area (Å²) in [5.74, 6) is 0. The van der Waals surface area contributed by atoms with Crippen molar-refractivity contribution in [2.24, 2.45) is 0 Å². The summed E-state index contributed by atoms with van der Waals surface area (Å²) in [6.07, 6.45) is 0. The van der Waals surface area contributed by atoms with Crippen LogP contribution in [0, 0.1) is 0 Å². The lowest BCUT2D eigenvalue weighted by atomic mass is 9.86. The second kappa shape index (κ2) is 36.7. The quantitative estimate of drug-likeness (QED) is 0.0813. The van der Waals surface area contributed by atoms with E-state index in [0.29, 0.717) is 22.5 Å². The van der Waals surface area contributed by atoms with Crippen LogP contribution in [0.4, 0.5) is 0 Å². The standard InChI is InChI=1S/C54H38N2Si.2C44H40N2.2H2/c1-4-22-43(23-5-1)57(44-24-6-2-7-25-44,45-26-8-3-9-27-45)46-34-35-54-50(38-46)49-30-12-15-33-53(49)56(54)42-21-17-19-40(37-42)39-18-16-20-41(36-39)55-51-31-13-10-28-47(51)48-29-11-14-32-52(48)55;1-43(2,3)31-21-23-41-37(27-31)35-17-7-9-19-39(35)45(41)33-15-11-13-29(25-33)30-14-12-16-34(26-30)46-40-20-10-8-18-36(40)38-28-32(44(4,5)6)22-24-42(38)46;1-43(2,3)31-21-23-37-35-17-7-9-19-39(35)45(41(37)27-31)33-15-11-13-29(25-33)30-14-12-16-34(26-30)46-40-20-10-8-18-36(40)38-24-22-32(28-42(38)46)44(4,5)6;;/h1-38H;2*7-28H,1-6H3;2*1H/i;7D,8D,9D,10D,17D,18D,19D,20D,21D,22D,23D,24D,27D,28D;7D,8D,9D,10D,11D,12D,13D,15D,16D,17D,18D,19D,20D,21D,22D,23D,24D,26D,27D,28D;2*1+1. The molecule has 0 saturated heterocycles. The molecule has 0 atom stereocenters. The van der Waals surface area contributed by atoms with Crippen molar-refractivity contribution < 1.29 is 49.5 Å². The zero-order valence-corrected chi connectivity index (χ0v) is 84.9. The average molecular weight is 1980 g/mol. The second-order valence-electron chi connectivity index (χ2n) is 41.8. The van der Waals surface area contributed by atoms with Crippen LogP contribution < -0.4 is 20.7 Å². The van der Waals surface area contributed by atoms with Gasteiger partial charge in [-0.25, -0.2) is 0 Å². The third-order valence-corrected chi connectivity index (χ3v) is 32.9. The first-order chi connectivity index (χ1) is 86.6. The number of hydrogen-bond donors (Lipinski definition) is 0. The van der Waals surface area contributed by atoms with Gasteiger partial charge in [0.25, 0.3) is 0 Å². The molecule has 0 aliphatic rings. The summed E-state index contributed by atoms with van der Waals surface area (Å²) in [5.41, 5.74) is 6.63. The zero-order chi connectivity index (χ0) is 131. The van der Waals surface area contributed by atoms with E-state index in [0.717, 1.165) is 32.6 Å². The maximum Gasteiger partial charge on any atom is 0.179 e. The highest BCUT2D eigenvalue weighted by molar-refractivity contribution is 7.20. The molecule has 0 radical (unpaired) electrons. The van der Waals surface area contributed by atoms with Gasteiger partial charge in [0.15, 0.2) is 8.07 Å². The fourth-order valence-electron chi connectivity index (χ4n) is 20.8. The first-order valence-electron chi connectivity index (χ1n) is 66.7. The van der Waals surface area contributed by atoms with Gasteiger partial charge >= 0.3 is 0 Å². The van der Waals surface area contributed by atoms with E-state index in [2.05, 4.69) is 240 Å². The highest BCUT2D eigenvalue weighted by Gasteiger charge is 2.42. The van der Waals surface area contributed by atoms with E-state index in [-0.39, 0.29) is 214 Å². The van der Waals surface area contributed by atoms with Gasteiger partial charge in [0.05, 0.1) is 113 Å². The summed E-state index contributed by atoms with van der Waals surface area (Å²) < 4.78 is 317. The number of aromatic nitrogens is 6. The van der Waals surface area contributed by atoms with Gasteiger partial charge < -0.3 is 27.4 Å². The predicted molar refractivity (Wildman–Crippen MR) is 644 cm³/mol. The number of para-hydroxylation sites is 7. The molecule has 27 rings (SSSR count). The predicted octanol–water partition coefficient (Wildman–Crippen LogP) is 35.7. The first kappa shape index (κ1) is 62.5. The van der Waals surface area contributed by atoms with Crippen LogP contribution in [0.3, 0.4) is 0 Å². The maximum absolute atomic E-state index is 9.80. The first-order valence-corrected chi connectivity index (χ1v) is 51.7. The third kappa shape index (κ3) is 16.3. The largest absolute Gasteiger partial charge is 0.309 e. The summed E-state index contributed by atoms with van der Waals surface area (Å²) in [4.78, 5) is 0. The summed E-state index contributed by atoms with van der Waals surface area (Å²) in [7, 11) is -2.70. The summed E-state index contributed by atoms with van der Waals surface area (Å²) >= 11 is 0. The molecule has 0 saturated carbocycles. The molecule has 0 fully saturated rings. The smallest absolute Gasteiger partial charge is 0.179 e. The Morgan fingerprint density at radius 1 is 0.168 bits per heavy atom. The highest BCUT2D eigenvalue weighted by Crippen LogP contribution is 2.45. The molecule has 6 nitrogen and oxygen atoms in total. The molecule has 21 aromatic carbocycles. The monoisotopic (exact) mass is 1980 g/mol. The molecule has 0 bridgehead atoms. The Bertz CT molecular complexity index is 11800. The lowest BCUT2D eigenvalue weighted by molar-refractivity contribution is 0.590. The Balaban J connectivity index is 0.000000144. The summed E-state index contributed by atoms with van der Waals surface area (Å²) in [6.45, 7) is 21.2. The number of hydrogen-bond acceptors (Lipinski definition) is 0. The molecule has 7 heteroatoms. The van der Waals surface area contributed by atoms with Gasteiger partial charge in [-0.2, -0.15) is 0 Å². The summed E-state index contributed by atoms with van der Waals surface area (Å²) in [5, 5.41) is 10.1. The maximum atomic E-state index is 9.80. The topological polar surface area (TPSA) is 29.6 Å². The summed E-state index contributed by atoms with van der Waals surface area (Å²) in [6, 6.07) is 85.4.